The highest BCUT2D eigenvalue weighted by atomic mass is 127. The van der Waals surface area contributed by atoms with Crippen LogP contribution in [0.5, 0.6) is 5.75 Å². The third-order valence-electron chi connectivity index (χ3n) is 3.94. The molecule has 2 aromatic rings. The number of hydrogen-bond donors (Lipinski definition) is 1. The van der Waals surface area contributed by atoms with Crippen LogP contribution in [0.3, 0.4) is 0 Å². The van der Waals surface area contributed by atoms with Crippen molar-refractivity contribution < 1.29 is 18.3 Å². The van der Waals surface area contributed by atoms with E-state index in [0.29, 0.717) is 6.42 Å². The van der Waals surface area contributed by atoms with E-state index in [1.54, 1.807) is 19.2 Å². The molecular formula is C19H20F2INO2. The summed E-state index contributed by atoms with van der Waals surface area (Å²) in [7, 11) is 1.58. The molecule has 1 N–H and O–H groups in total. The summed E-state index contributed by atoms with van der Waals surface area (Å²) in [5.41, 5.74) is 2.41. The largest absolute Gasteiger partial charge is 0.488 e. The molecule has 2 aromatic carbocycles. The molecule has 0 spiro atoms. The van der Waals surface area contributed by atoms with E-state index in [9.17, 15) is 13.6 Å². The molecule has 134 valence electrons. The molecule has 0 fully saturated rings. The van der Waals surface area contributed by atoms with Crippen molar-refractivity contribution in [3.63, 3.8) is 0 Å². The maximum atomic E-state index is 13.3. The average molecular weight is 459 g/mol. The standard InChI is InChI=1S/C19H20F2INO2/c1-3-12-7-8-17(14(9-12)19(20)21)25-11-15-13(10-18(24)23-2)5-4-6-16(15)22/h4-9,19H,3,10-11H2,1-2H3,(H,23,24). The van der Waals surface area contributed by atoms with Crippen molar-refractivity contribution in [1.82, 2.24) is 5.32 Å². The molecule has 2 rings (SSSR count). The van der Waals surface area contributed by atoms with Crippen molar-refractivity contribution in [2.75, 3.05) is 7.05 Å². The first-order chi connectivity index (χ1) is 12.0. The topological polar surface area (TPSA) is 38.3 Å². The summed E-state index contributed by atoms with van der Waals surface area (Å²) in [4.78, 5) is 11.7. The molecule has 0 atom stereocenters. The van der Waals surface area contributed by atoms with Gasteiger partial charge in [0.2, 0.25) is 5.91 Å². The first-order valence-corrected chi connectivity index (χ1v) is 9.04. The summed E-state index contributed by atoms with van der Waals surface area (Å²) in [6.07, 6.45) is -1.68. The van der Waals surface area contributed by atoms with Crippen molar-refractivity contribution in [3.05, 3.63) is 62.2 Å². The Bertz CT molecular complexity index is 750. The summed E-state index contributed by atoms with van der Waals surface area (Å²) >= 11 is 2.16. The molecule has 0 heterocycles. The zero-order valence-corrected chi connectivity index (χ0v) is 16.3. The maximum absolute atomic E-state index is 13.3. The van der Waals surface area contributed by atoms with Crippen molar-refractivity contribution in [2.24, 2.45) is 0 Å². The van der Waals surface area contributed by atoms with Gasteiger partial charge in [-0.3, -0.25) is 4.79 Å². The lowest BCUT2D eigenvalue weighted by Crippen LogP contribution is -2.21. The summed E-state index contributed by atoms with van der Waals surface area (Å²) in [6.45, 7) is 2.05. The van der Waals surface area contributed by atoms with E-state index < -0.39 is 6.43 Å². The van der Waals surface area contributed by atoms with Crippen molar-refractivity contribution >= 4 is 28.5 Å². The number of halogens is 3. The van der Waals surface area contributed by atoms with Gasteiger partial charge in [-0.15, -0.1) is 0 Å². The van der Waals surface area contributed by atoms with Gasteiger partial charge in [-0.1, -0.05) is 25.1 Å². The molecule has 6 heteroatoms. The first kappa shape index (κ1) is 19.6. The SMILES string of the molecule is CCc1ccc(OCc2c(I)cccc2CC(=O)NC)c(C(F)F)c1. The molecule has 0 unspecified atom stereocenters. The highest BCUT2D eigenvalue weighted by molar-refractivity contribution is 14.1. The van der Waals surface area contributed by atoms with Gasteiger partial charge in [-0.25, -0.2) is 8.78 Å². The Kier molecular flexibility index (Phi) is 7.16. The lowest BCUT2D eigenvalue weighted by Gasteiger charge is -2.15. The second kappa shape index (κ2) is 9.12. The normalized spacial score (nSPS) is 10.8. The van der Waals surface area contributed by atoms with Crippen LogP contribution >= 0.6 is 22.6 Å². The monoisotopic (exact) mass is 459 g/mol. The van der Waals surface area contributed by atoms with Crippen LogP contribution in [-0.4, -0.2) is 13.0 Å². The van der Waals surface area contributed by atoms with Crippen LogP contribution in [0.15, 0.2) is 36.4 Å². The number of hydrogen-bond acceptors (Lipinski definition) is 2. The first-order valence-electron chi connectivity index (χ1n) is 7.96. The lowest BCUT2D eigenvalue weighted by atomic mass is 10.0. The minimum Gasteiger partial charge on any atom is -0.488 e. The number of benzene rings is 2. The number of ether oxygens (including phenoxy) is 1. The number of rotatable bonds is 7. The Morgan fingerprint density at radius 3 is 2.68 bits per heavy atom. The van der Waals surface area contributed by atoms with Gasteiger partial charge in [0.05, 0.1) is 12.0 Å². The maximum Gasteiger partial charge on any atom is 0.267 e. The van der Waals surface area contributed by atoms with E-state index in [-0.39, 0.29) is 30.2 Å². The molecule has 0 saturated heterocycles. The molecule has 1 amide bonds. The zero-order chi connectivity index (χ0) is 18.4. The number of nitrogens with one attached hydrogen (secondary N) is 1. The average Bonchev–Trinajstić information content (AvgIpc) is 2.60. The van der Waals surface area contributed by atoms with Crippen LogP contribution in [0.25, 0.3) is 0 Å². The zero-order valence-electron chi connectivity index (χ0n) is 14.1. The number of likely N-dealkylation sites (N-methyl/N-ethyl adjacent to an activating group) is 1. The molecule has 0 saturated carbocycles. The van der Waals surface area contributed by atoms with Crippen LogP contribution in [0.1, 0.15) is 35.6 Å². The summed E-state index contributed by atoms with van der Waals surface area (Å²) < 4.78 is 33.3. The van der Waals surface area contributed by atoms with E-state index in [0.717, 1.165) is 20.3 Å². The van der Waals surface area contributed by atoms with Crippen LogP contribution < -0.4 is 10.1 Å². The van der Waals surface area contributed by atoms with E-state index in [4.69, 9.17) is 4.74 Å². The van der Waals surface area contributed by atoms with Gasteiger partial charge in [0.15, 0.2) is 0 Å². The highest BCUT2D eigenvalue weighted by Gasteiger charge is 2.16. The van der Waals surface area contributed by atoms with E-state index >= 15 is 0 Å². The van der Waals surface area contributed by atoms with Crippen LogP contribution in [0.2, 0.25) is 0 Å². The van der Waals surface area contributed by atoms with Gasteiger partial charge < -0.3 is 10.1 Å². The summed E-state index contributed by atoms with van der Waals surface area (Å²) in [6, 6.07) is 10.5. The minimum absolute atomic E-state index is 0.0989. The molecule has 25 heavy (non-hydrogen) atoms. The van der Waals surface area contributed by atoms with E-state index in [2.05, 4.69) is 27.9 Å². The van der Waals surface area contributed by atoms with E-state index in [1.165, 1.54) is 6.07 Å². The number of alkyl halides is 2. The number of carbonyl (C=O) groups is 1. The van der Waals surface area contributed by atoms with Gasteiger partial charge in [0.25, 0.3) is 6.43 Å². The molecular weight excluding hydrogens is 439 g/mol. The number of aryl methyl sites for hydroxylation is 1. The second-order valence-electron chi connectivity index (χ2n) is 5.54. The third-order valence-corrected chi connectivity index (χ3v) is 4.95. The Hall–Kier alpha value is -1.70. The minimum atomic E-state index is -2.60. The smallest absolute Gasteiger partial charge is 0.267 e. The predicted octanol–water partition coefficient (Wildman–Crippen LogP) is 4.66. The van der Waals surface area contributed by atoms with Gasteiger partial charge >= 0.3 is 0 Å². The lowest BCUT2D eigenvalue weighted by molar-refractivity contribution is -0.119. The molecule has 0 aliphatic carbocycles. The second-order valence-corrected chi connectivity index (χ2v) is 6.70. The number of carbonyl (C=O) groups excluding carboxylic acids is 1. The van der Waals surface area contributed by atoms with Crippen LogP contribution in [-0.2, 0) is 24.2 Å². The fourth-order valence-corrected chi connectivity index (χ4v) is 3.17. The highest BCUT2D eigenvalue weighted by Crippen LogP contribution is 2.31. The molecule has 0 aliphatic rings. The predicted molar refractivity (Wildman–Crippen MR) is 102 cm³/mol. The summed E-state index contributed by atoms with van der Waals surface area (Å²) in [5.74, 6) is 0.0709. The van der Waals surface area contributed by atoms with Gasteiger partial charge in [0.1, 0.15) is 12.4 Å². The molecule has 0 radical (unpaired) electrons. The van der Waals surface area contributed by atoms with Gasteiger partial charge in [-0.2, -0.15) is 0 Å². The van der Waals surface area contributed by atoms with Crippen LogP contribution in [0.4, 0.5) is 8.78 Å². The third kappa shape index (κ3) is 5.14. The van der Waals surface area contributed by atoms with Crippen molar-refractivity contribution in [1.29, 1.82) is 0 Å². The molecule has 3 nitrogen and oxygen atoms in total. The summed E-state index contributed by atoms with van der Waals surface area (Å²) in [5, 5.41) is 2.59. The van der Waals surface area contributed by atoms with Crippen molar-refractivity contribution in [2.45, 2.75) is 32.8 Å². The van der Waals surface area contributed by atoms with Gasteiger partial charge in [0, 0.05) is 16.2 Å². The van der Waals surface area contributed by atoms with Crippen molar-refractivity contribution in [3.8, 4) is 5.75 Å². The molecule has 0 aliphatic heterocycles. The van der Waals surface area contributed by atoms with E-state index in [1.807, 2.05) is 25.1 Å². The quantitative estimate of drug-likeness (QED) is 0.612. The Labute approximate surface area is 159 Å². The Morgan fingerprint density at radius 1 is 1.28 bits per heavy atom. The Balaban J connectivity index is 2.26. The Morgan fingerprint density at radius 2 is 2.04 bits per heavy atom. The van der Waals surface area contributed by atoms with Gasteiger partial charge in [-0.05, 0) is 58.3 Å². The number of amides is 1. The molecule has 0 bridgehead atoms. The molecule has 0 aromatic heterocycles. The fourth-order valence-electron chi connectivity index (χ4n) is 2.46. The fraction of sp³-hybridized carbons (Fsp3) is 0.316. The van der Waals surface area contributed by atoms with Crippen LogP contribution in [0, 0.1) is 3.57 Å².